The number of benzene rings is 3. The minimum atomic E-state index is -0.873. The van der Waals surface area contributed by atoms with Crippen LogP contribution in [-0.2, 0) is 6.42 Å². The molecule has 3 aromatic carbocycles. The van der Waals surface area contributed by atoms with Crippen LogP contribution in [0.5, 0.6) is 5.75 Å². The Hall–Kier alpha value is -4.52. The van der Waals surface area contributed by atoms with E-state index in [1.807, 2.05) is 26.0 Å². The van der Waals surface area contributed by atoms with Gasteiger partial charge in [0.15, 0.2) is 5.82 Å². The zero-order valence-corrected chi connectivity index (χ0v) is 33.8. The lowest BCUT2D eigenvalue weighted by atomic mass is 9.77. The molecule has 0 amide bonds. The zero-order valence-electron chi connectivity index (χ0n) is 33.0. The van der Waals surface area contributed by atoms with E-state index in [1.54, 1.807) is 35.6 Å². The fourth-order valence-electron chi connectivity index (χ4n) is 9.81. The van der Waals surface area contributed by atoms with Crippen molar-refractivity contribution in [1.29, 1.82) is 0 Å². The van der Waals surface area contributed by atoms with Gasteiger partial charge in [-0.3, -0.25) is 9.56 Å². The Morgan fingerprint density at radius 2 is 1.61 bits per heavy atom. The number of phenolic OH excluding ortho intramolecular Hbond substituents is 1. The number of aryl methyl sites for hydroxylation is 3. The Kier molecular flexibility index (Phi) is 9.80. The van der Waals surface area contributed by atoms with Crippen molar-refractivity contribution in [1.82, 2.24) is 19.7 Å². The summed E-state index contributed by atoms with van der Waals surface area (Å²) >= 11 is 1.65. The number of likely N-dealkylation sites (tertiary alicyclic amines) is 1. The molecule has 298 valence electrons. The first-order chi connectivity index (χ1) is 27.4. The van der Waals surface area contributed by atoms with Crippen LogP contribution in [-0.4, -0.2) is 73.9 Å². The minimum absolute atomic E-state index is 0.0412. The number of thiophene rings is 1. The Morgan fingerprint density at radius 3 is 2.33 bits per heavy atom. The van der Waals surface area contributed by atoms with Crippen molar-refractivity contribution in [2.24, 2.45) is 4.99 Å². The lowest BCUT2D eigenvalue weighted by Gasteiger charge is -2.43. The molecule has 8 nitrogen and oxygen atoms in total. The van der Waals surface area contributed by atoms with Crippen molar-refractivity contribution in [3.8, 4) is 10.8 Å². The Labute approximate surface area is 335 Å². The largest absolute Gasteiger partial charge is 0.508 e. The van der Waals surface area contributed by atoms with E-state index in [0.29, 0.717) is 55.7 Å². The second-order valence-electron chi connectivity index (χ2n) is 16.7. The maximum Gasteiger partial charge on any atom is 0.162 e. The Morgan fingerprint density at radius 1 is 0.877 bits per heavy atom. The average Bonchev–Trinajstić information content (AvgIpc) is 3.67. The number of phenols is 1. The van der Waals surface area contributed by atoms with E-state index in [0.717, 1.165) is 88.2 Å². The summed E-state index contributed by atoms with van der Waals surface area (Å²) in [7, 11) is 0. The standard InChI is InChI=1S/C45H49F3N6O2S/c1-25-27(3)57-44-40(25)42(49-26(2)43-51-50-28(4)54(43)44)36-10-8-32(23-37(36)46)53-18-14-45(56,15-19-53)24-52-16-12-29(13-17-52)31-21-38(47)41(39(48)22-31)35-7-5-6-30-20-33(55)9-11-34(30)35/h8-11,20-23,26,29,35,55-56H,5-7,12-19,24H2,1-4H3/t26-,35+/m0/s1. The summed E-state index contributed by atoms with van der Waals surface area (Å²) in [5, 5.41) is 31.4. The van der Waals surface area contributed by atoms with Crippen LogP contribution in [0.2, 0.25) is 0 Å². The smallest absolute Gasteiger partial charge is 0.162 e. The summed E-state index contributed by atoms with van der Waals surface area (Å²) < 4.78 is 49.7. The van der Waals surface area contributed by atoms with E-state index in [1.165, 1.54) is 12.1 Å². The molecule has 2 N–H and O–H groups in total. The lowest BCUT2D eigenvalue weighted by Crippen LogP contribution is -2.52. The van der Waals surface area contributed by atoms with Gasteiger partial charge in [-0.25, -0.2) is 13.2 Å². The molecule has 0 unspecified atom stereocenters. The zero-order chi connectivity index (χ0) is 39.7. The fraction of sp³-hybridized carbons (Fsp3) is 0.444. The average molecular weight is 795 g/mol. The van der Waals surface area contributed by atoms with Gasteiger partial charge in [-0.2, -0.15) is 0 Å². The molecule has 2 saturated heterocycles. The number of aliphatic imine (C=N–C) groups is 1. The molecule has 2 atom stereocenters. The number of piperidine rings is 2. The van der Waals surface area contributed by atoms with E-state index >= 15 is 13.2 Å². The third kappa shape index (κ3) is 6.87. The molecule has 0 radical (unpaired) electrons. The van der Waals surface area contributed by atoms with E-state index < -0.39 is 17.2 Å². The third-order valence-electron chi connectivity index (χ3n) is 13.1. The normalized spacial score (nSPS) is 21.1. The molecule has 2 aromatic heterocycles. The van der Waals surface area contributed by atoms with E-state index in [-0.39, 0.29) is 35.0 Å². The van der Waals surface area contributed by atoms with Crippen LogP contribution in [0.25, 0.3) is 5.00 Å². The molecule has 5 heterocycles. The van der Waals surface area contributed by atoms with Gasteiger partial charge in [-0.15, -0.1) is 21.5 Å². The van der Waals surface area contributed by atoms with Gasteiger partial charge in [-0.1, -0.05) is 6.07 Å². The van der Waals surface area contributed by atoms with Crippen molar-refractivity contribution in [3.05, 3.63) is 121 Å². The fourth-order valence-corrected chi connectivity index (χ4v) is 11.0. The minimum Gasteiger partial charge on any atom is -0.508 e. The summed E-state index contributed by atoms with van der Waals surface area (Å²) in [6.45, 7) is 11.2. The van der Waals surface area contributed by atoms with Crippen LogP contribution in [0.3, 0.4) is 0 Å². The van der Waals surface area contributed by atoms with Crippen LogP contribution in [0.1, 0.15) is 119 Å². The maximum atomic E-state index is 16.2. The quantitative estimate of drug-likeness (QED) is 0.179. The number of fused-ring (bicyclic) bond motifs is 4. The van der Waals surface area contributed by atoms with Crippen molar-refractivity contribution in [3.63, 3.8) is 0 Å². The Balaban J connectivity index is 0.831. The van der Waals surface area contributed by atoms with E-state index in [9.17, 15) is 10.2 Å². The van der Waals surface area contributed by atoms with Crippen LogP contribution in [0.15, 0.2) is 53.5 Å². The molecular formula is C45H49F3N6O2S. The molecule has 0 bridgehead atoms. The highest BCUT2D eigenvalue weighted by Gasteiger charge is 2.37. The molecule has 4 aliphatic rings. The predicted octanol–water partition coefficient (Wildman–Crippen LogP) is 8.97. The van der Waals surface area contributed by atoms with Gasteiger partial charge in [0.1, 0.15) is 40.1 Å². The number of β-amino-alcohol motifs (C(OH)–C–C–N with tert-alkyl or cyclic N) is 1. The number of halogens is 3. The molecular weight excluding hydrogens is 746 g/mol. The third-order valence-corrected chi connectivity index (χ3v) is 14.3. The van der Waals surface area contributed by atoms with Crippen molar-refractivity contribution in [2.45, 2.75) is 96.1 Å². The van der Waals surface area contributed by atoms with Gasteiger partial charge in [0.25, 0.3) is 0 Å². The van der Waals surface area contributed by atoms with Crippen LogP contribution >= 0.6 is 11.3 Å². The molecule has 12 heteroatoms. The highest BCUT2D eigenvalue weighted by molar-refractivity contribution is 7.15. The Bertz CT molecular complexity index is 2370. The molecule has 2 fully saturated rings. The first-order valence-corrected chi connectivity index (χ1v) is 21.1. The van der Waals surface area contributed by atoms with Gasteiger partial charge in [0.2, 0.25) is 0 Å². The monoisotopic (exact) mass is 794 g/mol. The van der Waals surface area contributed by atoms with E-state index in [4.69, 9.17) is 4.99 Å². The second-order valence-corrected chi connectivity index (χ2v) is 17.9. The second kappa shape index (κ2) is 14.7. The SMILES string of the molecule is Cc1sc2c(c1C)C(c1ccc(N3CCC(O)(CN4CCC(c5cc(F)c([C@@H]6CCCc7cc(O)ccc76)c(F)c5)CC4)CC3)cc1F)=N[C@@H](C)c1nnc(C)n1-2. The van der Waals surface area contributed by atoms with Gasteiger partial charge in [0, 0.05) is 52.8 Å². The number of anilines is 1. The first-order valence-electron chi connectivity index (χ1n) is 20.3. The molecule has 5 aromatic rings. The van der Waals surface area contributed by atoms with Crippen molar-refractivity contribution < 1.29 is 23.4 Å². The number of rotatable bonds is 6. The molecule has 0 spiro atoms. The van der Waals surface area contributed by atoms with Crippen molar-refractivity contribution in [2.75, 3.05) is 37.6 Å². The van der Waals surface area contributed by atoms with Crippen LogP contribution in [0.4, 0.5) is 18.9 Å². The number of aliphatic hydroxyl groups is 1. The van der Waals surface area contributed by atoms with E-state index in [2.05, 4.69) is 38.4 Å². The highest BCUT2D eigenvalue weighted by Crippen LogP contribution is 2.43. The molecule has 0 saturated carbocycles. The summed E-state index contributed by atoms with van der Waals surface area (Å²) in [4.78, 5) is 10.6. The maximum absolute atomic E-state index is 16.2. The summed E-state index contributed by atoms with van der Waals surface area (Å²) in [6, 6.07) is 13.3. The number of hydrogen-bond donors (Lipinski definition) is 2. The van der Waals surface area contributed by atoms with Crippen LogP contribution < -0.4 is 4.90 Å². The molecule has 9 rings (SSSR count). The summed E-state index contributed by atoms with van der Waals surface area (Å²) in [5.74, 6) is 0.0553. The van der Waals surface area contributed by atoms with Gasteiger partial charge >= 0.3 is 0 Å². The van der Waals surface area contributed by atoms with Gasteiger partial charge < -0.3 is 20.0 Å². The first kappa shape index (κ1) is 38.0. The lowest BCUT2D eigenvalue weighted by molar-refractivity contribution is -0.0213. The molecule has 1 aliphatic carbocycles. The number of aromatic nitrogens is 3. The van der Waals surface area contributed by atoms with Crippen molar-refractivity contribution >= 4 is 22.7 Å². The summed E-state index contributed by atoms with van der Waals surface area (Å²) in [6.07, 6.45) is 4.90. The van der Waals surface area contributed by atoms with Gasteiger partial charge in [0.05, 0.1) is 11.3 Å². The van der Waals surface area contributed by atoms with Crippen LogP contribution in [0, 0.1) is 38.2 Å². The predicted molar refractivity (Wildman–Crippen MR) is 218 cm³/mol. The highest BCUT2D eigenvalue weighted by atomic mass is 32.1. The molecule has 3 aliphatic heterocycles. The number of aromatic hydroxyl groups is 1. The molecule has 57 heavy (non-hydrogen) atoms. The number of hydrogen-bond acceptors (Lipinski definition) is 8. The summed E-state index contributed by atoms with van der Waals surface area (Å²) in [5.41, 5.74) is 5.67. The topological polar surface area (TPSA) is 90.0 Å². The van der Waals surface area contributed by atoms with Gasteiger partial charge in [-0.05, 0) is 156 Å². The number of nitrogens with zero attached hydrogens (tertiary/aromatic N) is 6.